The van der Waals surface area contributed by atoms with Crippen molar-refractivity contribution in [1.29, 1.82) is 0 Å². The van der Waals surface area contributed by atoms with E-state index < -0.39 is 6.03 Å². The van der Waals surface area contributed by atoms with Crippen LogP contribution in [-0.4, -0.2) is 18.0 Å². The second kappa shape index (κ2) is 4.62. The molecule has 1 aromatic rings. The van der Waals surface area contributed by atoms with Crippen LogP contribution in [0.1, 0.15) is 11.1 Å². The van der Waals surface area contributed by atoms with Crippen molar-refractivity contribution in [1.82, 2.24) is 4.90 Å². The molecule has 0 aliphatic rings. The lowest BCUT2D eigenvalue weighted by Gasteiger charge is -2.14. The van der Waals surface area contributed by atoms with Crippen molar-refractivity contribution in [2.45, 2.75) is 13.1 Å². The zero-order valence-electron chi connectivity index (χ0n) is 8.23. The molecule has 2 amide bonds. The Morgan fingerprint density at radius 2 is 2.07 bits per heavy atom. The van der Waals surface area contributed by atoms with E-state index in [1.807, 2.05) is 24.3 Å². The molecule has 0 unspecified atom stereocenters. The number of rotatable bonds is 3. The van der Waals surface area contributed by atoms with Gasteiger partial charge in [-0.2, -0.15) is 0 Å². The largest absolute Gasteiger partial charge is 0.351 e. The molecule has 0 aliphatic heterocycles. The number of primary amides is 1. The second-order valence-corrected chi connectivity index (χ2v) is 3.22. The number of carbonyl (C=O) groups excluding carboxylic acids is 1. The molecule has 0 atom stereocenters. The van der Waals surface area contributed by atoms with Gasteiger partial charge in [0.15, 0.2) is 0 Å². The molecule has 0 radical (unpaired) electrons. The van der Waals surface area contributed by atoms with Crippen molar-refractivity contribution in [2.24, 2.45) is 11.5 Å². The molecule has 4 heteroatoms. The van der Waals surface area contributed by atoms with Crippen molar-refractivity contribution in [3.63, 3.8) is 0 Å². The average Bonchev–Trinajstić information content (AvgIpc) is 2.18. The SMILES string of the molecule is CN(Cc1cccc(CN)c1)C(N)=O. The summed E-state index contributed by atoms with van der Waals surface area (Å²) in [5.74, 6) is 0. The summed E-state index contributed by atoms with van der Waals surface area (Å²) in [6, 6.07) is 7.36. The minimum atomic E-state index is -0.428. The molecule has 0 saturated heterocycles. The molecule has 0 fully saturated rings. The van der Waals surface area contributed by atoms with Crippen LogP contribution < -0.4 is 11.5 Å². The quantitative estimate of drug-likeness (QED) is 0.740. The van der Waals surface area contributed by atoms with E-state index in [0.717, 1.165) is 11.1 Å². The Balaban J connectivity index is 2.71. The highest BCUT2D eigenvalue weighted by molar-refractivity contribution is 5.71. The predicted octanol–water partition coefficient (Wildman–Crippen LogP) is 0.656. The Morgan fingerprint density at radius 3 is 2.64 bits per heavy atom. The number of nitrogens with zero attached hydrogens (tertiary/aromatic N) is 1. The highest BCUT2D eigenvalue weighted by Crippen LogP contribution is 2.06. The standard InChI is InChI=1S/C10H15N3O/c1-13(10(12)14)7-9-4-2-3-8(5-9)6-11/h2-5H,6-7,11H2,1H3,(H2,12,14). The van der Waals surface area contributed by atoms with Crippen LogP contribution in [-0.2, 0) is 13.1 Å². The molecule has 0 saturated carbocycles. The fraction of sp³-hybridized carbons (Fsp3) is 0.300. The van der Waals surface area contributed by atoms with Gasteiger partial charge in [-0.25, -0.2) is 4.79 Å². The normalized spacial score (nSPS) is 9.86. The minimum absolute atomic E-state index is 0.428. The lowest BCUT2D eigenvalue weighted by Crippen LogP contribution is -2.31. The molecular weight excluding hydrogens is 178 g/mol. The molecule has 0 aliphatic carbocycles. The molecule has 1 rings (SSSR count). The van der Waals surface area contributed by atoms with Gasteiger partial charge in [0.1, 0.15) is 0 Å². The van der Waals surface area contributed by atoms with Gasteiger partial charge < -0.3 is 16.4 Å². The van der Waals surface area contributed by atoms with E-state index in [-0.39, 0.29) is 0 Å². The number of hydrogen-bond acceptors (Lipinski definition) is 2. The molecule has 76 valence electrons. The van der Waals surface area contributed by atoms with Gasteiger partial charge in [0.2, 0.25) is 0 Å². The van der Waals surface area contributed by atoms with Crippen LogP contribution in [0.5, 0.6) is 0 Å². The maximum Gasteiger partial charge on any atom is 0.314 e. The third-order valence-corrected chi connectivity index (χ3v) is 2.02. The fourth-order valence-electron chi connectivity index (χ4n) is 1.21. The van der Waals surface area contributed by atoms with Gasteiger partial charge in [-0.3, -0.25) is 0 Å². The van der Waals surface area contributed by atoms with Crippen LogP contribution in [0.15, 0.2) is 24.3 Å². The van der Waals surface area contributed by atoms with Gasteiger partial charge in [-0.1, -0.05) is 24.3 Å². The summed E-state index contributed by atoms with van der Waals surface area (Å²) in [5.41, 5.74) is 12.7. The number of amides is 2. The number of urea groups is 1. The molecular formula is C10H15N3O. The zero-order chi connectivity index (χ0) is 10.6. The highest BCUT2D eigenvalue weighted by atomic mass is 16.2. The van der Waals surface area contributed by atoms with E-state index in [1.165, 1.54) is 4.90 Å². The van der Waals surface area contributed by atoms with Gasteiger partial charge in [0, 0.05) is 20.1 Å². The Hall–Kier alpha value is -1.55. The molecule has 4 nitrogen and oxygen atoms in total. The Bertz CT molecular complexity index is 325. The summed E-state index contributed by atoms with van der Waals surface area (Å²) in [6.07, 6.45) is 0. The average molecular weight is 193 g/mol. The van der Waals surface area contributed by atoms with E-state index in [9.17, 15) is 4.79 Å². The van der Waals surface area contributed by atoms with E-state index >= 15 is 0 Å². The molecule has 0 bridgehead atoms. The summed E-state index contributed by atoms with van der Waals surface area (Å²) in [7, 11) is 1.66. The fourth-order valence-corrected chi connectivity index (χ4v) is 1.21. The number of nitrogens with two attached hydrogens (primary N) is 2. The first-order chi connectivity index (χ1) is 6.63. The molecule has 4 N–H and O–H groups in total. The first kappa shape index (κ1) is 10.5. The first-order valence-electron chi connectivity index (χ1n) is 4.42. The van der Waals surface area contributed by atoms with E-state index in [0.29, 0.717) is 13.1 Å². The van der Waals surface area contributed by atoms with Crippen LogP contribution in [0.3, 0.4) is 0 Å². The van der Waals surface area contributed by atoms with Gasteiger partial charge in [0.05, 0.1) is 0 Å². The lowest BCUT2D eigenvalue weighted by atomic mass is 10.1. The summed E-state index contributed by atoms with van der Waals surface area (Å²) >= 11 is 0. The van der Waals surface area contributed by atoms with Crippen LogP contribution in [0, 0.1) is 0 Å². The van der Waals surface area contributed by atoms with Crippen molar-refractivity contribution < 1.29 is 4.79 Å². The van der Waals surface area contributed by atoms with Crippen LogP contribution in [0.25, 0.3) is 0 Å². The predicted molar refractivity (Wildman–Crippen MR) is 55.4 cm³/mol. The molecule has 0 spiro atoms. The monoisotopic (exact) mass is 193 g/mol. The van der Waals surface area contributed by atoms with Crippen molar-refractivity contribution in [3.8, 4) is 0 Å². The van der Waals surface area contributed by atoms with Gasteiger partial charge in [0.25, 0.3) is 0 Å². The maximum absolute atomic E-state index is 10.8. The minimum Gasteiger partial charge on any atom is -0.351 e. The third-order valence-electron chi connectivity index (χ3n) is 2.02. The lowest BCUT2D eigenvalue weighted by molar-refractivity contribution is 0.216. The van der Waals surface area contributed by atoms with E-state index in [2.05, 4.69) is 0 Å². The smallest absolute Gasteiger partial charge is 0.314 e. The third kappa shape index (κ3) is 2.74. The van der Waals surface area contributed by atoms with Gasteiger partial charge >= 0.3 is 6.03 Å². The second-order valence-electron chi connectivity index (χ2n) is 3.22. The van der Waals surface area contributed by atoms with Gasteiger partial charge in [-0.05, 0) is 11.1 Å². The summed E-state index contributed by atoms with van der Waals surface area (Å²) in [5, 5.41) is 0. The highest BCUT2D eigenvalue weighted by Gasteiger charge is 2.03. The zero-order valence-corrected chi connectivity index (χ0v) is 8.23. The van der Waals surface area contributed by atoms with Crippen LogP contribution in [0.4, 0.5) is 4.79 Å². The van der Waals surface area contributed by atoms with E-state index in [4.69, 9.17) is 11.5 Å². The molecule has 14 heavy (non-hydrogen) atoms. The Kier molecular flexibility index (Phi) is 3.48. The Labute approximate surface area is 83.5 Å². The molecule has 1 aromatic carbocycles. The number of hydrogen-bond donors (Lipinski definition) is 2. The summed E-state index contributed by atoms with van der Waals surface area (Å²) < 4.78 is 0. The van der Waals surface area contributed by atoms with Crippen LogP contribution in [0.2, 0.25) is 0 Å². The van der Waals surface area contributed by atoms with Gasteiger partial charge in [-0.15, -0.1) is 0 Å². The number of benzene rings is 1. The molecule has 0 aromatic heterocycles. The molecule has 0 heterocycles. The number of carbonyl (C=O) groups is 1. The topological polar surface area (TPSA) is 72.3 Å². The van der Waals surface area contributed by atoms with Crippen molar-refractivity contribution in [2.75, 3.05) is 7.05 Å². The van der Waals surface area contributed by atoms with E-state index in [1.54, 1.807) is 7.05 Å². The summed E-state index contributed by atoms with van der Waals surface area (Å²) in [4.78, 5) is 12.2. The van der Waals surface area contributed by atoms with Crippen molar-refractivity contribution in [3.05, 3.63) is 35.4 Å². The Morgan fingerprint density at radius 1 is 1.43 bits per heavy atom. The first-order valence-corrected chi connectivity index (χ1v) is 4.42. The summed E-state index contributed by atoms with van der Waals surface area (Å²) in [6.45, 7) is 1.03. The van der Waals surface area contributed by atoms with Crippen LogP contribution >= 0.6 is 0 Å². The maximum atomic E-state index is 10.8. The van der Waals surface area contributed by atoms with Crippen molar-refractivity contribution >= 4 is 6.03 Å².